The zero-order chi connectivity index (χ0) is 16.2. The van der Waals surface area contributed by atoms with Crippen LogP contribution in [0.4, 0.5) is 24.5 Å². The van der Waals surface area contributed by atoms with Gasteiger partial charge in [0, 0.05) is 0 Å². The first-order valence-electron chi connectivity index (χ1n) is 5.06. The van der Waals surface area contributed by atoms with E-state index >= 15 is 0 Å². The van der Waals surface area contributed by atoms with Gasteiger partial charge in [-0.25, -0.2) is 4.99 Å². The third kappa shape index (κ3) is 5.22. The molecule has 114 valence electrons. The summed E-state index contributed by atoms with van der Waals surface area (Å²) in [6, 6.07) is 2.30. The third-order valence-electron chi connectivity index (χ3n) is 1.86. The van der Waals surface area contributed by atoms with Gasteiger partial charge in [-0.15, -0.1) is 13.2 Å². The van der Waals surface area contributed by atoms with Gasteiger partial charge in [0.2, 0.25) is 5.96 Å². The molecule has 0 aromatic heterocycles. The molecule has 6 N–H and O–H groups in total. The van der Waals surface area contributed by atoms with Gasteiger partial charge in [0.1, 0.15) is 11.4 Å². The van der Waals surface area contributed by atoms with Gasteiger partial charge in [0.25, 0.3) is 5.69 Å². The molecule has 0 unspecified atom stereocenters. The molecule has 0 aliphatic carbocycles. The highest BCUT2D eigenvalue weighted by Crippen LogP contribution is 2.33. The Labute approximate surface area is 115 Å². The van der Waals surface area contributed by atoms with Crippen molar-refractivity contribution in [3.8, 4) is 5.75 Å². The Morgan fingerprint density at radius 2 is 1.90 bits per heavy atom. The maximum absolute atomic E-state index is 12.0. The smallest absolute Gasteiger partial charge is 0.406 e. The average Bonchev–Trinajstić information content (AvgIpc) is 2.27. The van der Waals surface area contributed by atoms with Crippen LogP contribution in [0.2, 0.25) is 0 Å². The molecule has 0 spiro atoms. The quantitative estimate of drug-likeness (QED) is 0.323. The number of aliphatic imine (C=N–C) groups is 2. The van der Waals surface area contributed by atoms with Crippen LogP contribution < -0.4 is 21.9 Å². The maximum Gasteiger partial charge on any atom is 0.573 e. The van der Waals surface area contributed by atoms with E-state index in [-0.39, 0.29) is 5.69 Å². The van der Waals surface area contributed by atoms with Crippen LogP contribution in [0.15, 0.2) is 28.2 Å². The number of hydrogen-bond acceptors (Lipinski definition) is 4. The number of hydrogen-bond donors (Lipinski definition) is 3. The lowest BCUT2D eigenvalue weighted by Gasteiger charge is -2.08. The van der Waals surface area contributed by atoms with E-state index in [2.05, 4.69) is 14.7 Å². The Kier molecular flexibility index (Phi) is 4.53. The van der Waals surface area contributed by atoms with E-state index in [1.54, 1.807) is 0 Å². The Balaban J connectivity index is 3.23. The third-order valence-corrected chi connectivity index (χ3v) is 1.86. The Bertz CT molecular complexity index is 609. The van der Waals surface area contributed by atoms with Crippen LogP contribution in [0.1, 0.15) is 0 Å². The van der Waals surface area contributed by atoms with E-state index in [1.807, 2.05) is 0 Å². The van der Waals surface area contributed by atoms with Gasteiger partial charge in [0.05, 0.1) is 11.0 Å². The highest BCUT2D eigenvalue weighted by atomic mass is 19.4. The Hall–Kier alpha value is -3.05. The van der Waals surface area contributed by atoms with E-state index in [1.165, 1.54) is 0 Å². The molecule has 0 radical (unpaired) electrons. The van der Waals surface area contributed by atoms with Crippen LogP contribution in [-0.4, -0.2) is 23.2 Å². The molecule has 12 heteroatoms. The predicted molar refractivity (Wildman–Crippen MR) is 66.9 cm³/mol. The molecule has 0 heterocycles. The molecule has 0 amide bonds. The molecule has 0 aliphatic rings. The van der Waals surface area contributed by atoms with E-state index in [9.17, 15) is 23.3 Å². The van der Waals surface area contributed by atoms with Gasteiger partial charge in [-0.3, -0.25) is 10.1 Å². The largest absolute Gasteiger partial charge is 0.573 e. The van der Waals surface area contributed by atoms with Gasteiger partial charge in [-0.1, -0.05) is 0 Å². The highest BCUT2D eigenvalue weighted by molar-refractivity contribution is 5.94. The minimum Gasteiger partial charge on any atom is -0.406 e. The van der Waals surface area contributed by atoms with Gasteiger partial charge < -0.3 is 21.9 Å². The van der Waals surface area contributed by atoms with Crippen LogP contribution in [0.3, 0.4) is 0 Å². The number of nitro benzene ring substituents is 1. The molecule has 0 fully saturated rings. The monoisotopic (exact) mass is 306 g/mol. The van der Waals surface area contributed by atoms with Gasteiger partial charge in [-0.2, -0.15) is 4.99 Å². The molecule has 0 aliphatic heterocycles. The maximum atomic E-state index is 12.0. The summed E-state index contributed by atoms with van der Waals surface area (Å²) in [5.41, 5.74) is 14.2. The zero-order valence-electron chi connectivity index (χ0n) is 10.2. The summed E-state index contributed by atoms with van der Waals surface area (Å²) in [7, 11) is 0. The summed E-state index contributed by atoms with van der Waals surface area (Å²) < 4.78 is 39.7. The molecule has 0 saturated carbocycles. The van der Waals surface area contributed by atoms with Crippen LogP contribution in [0.25, 0.3) is 0 Å². The van der Waals surface area contributed by atoms with Crippen molar-refractivity contribution in [2.24, 2.45) is 27.2 Å². The van der Waals surface area contributed by atoms with Crippen molar-refractivity contribution in [3.63, 3.8) is 0 Å². The minimum absolute atomic E-state index is 0.336. The van der Waals surface area contributed by atoms with Crippen molar-refractivity contribution in [3.05, 3.63) is 28.3 Å². The van der Waals surface area contributed by atoms with E-state index in [4.69, 9.17) is 17.2 Å². The van der Waals surface area contributed by atoms with Gasteiger partial charge in [-0.05, 0) is 12.1 Å². The molecule has 9 nitrogen and oxygen atoms in total. The highest BCUT2D eigenvalue weighted by Gasteiger charge is 2.32. The normalized spacial score (nSPS) is 11.9. The van der Waals surface area contributed by atoms with Crippen molar-refractivity contribution in [1.82, 2.24) is 0 Å². The van der Waals surface area contributed by atoms with Crippen molar-refractivity contribution in [2.45, 2.75) is 6.36 Å². The summed E-state index contributed by atoms with van der Waals surface area (Å²) in [6.07, 6.45) is -4.98. The fourth-order valence-corrected chi connectivity index (χ4v) is 1.22. The summed E-state index contributed by atoms with van der Waals surface area (Å²) >= 11 is 0. The molecule has 1 aromatic rings. The van der Waals surface area contributed by atoms with E-state index in [0.29, 0.717) is 6.07 Å². The lowest BCUT2D eigenvalue weighted by molar-refractivity contribution is -0.384. The van der Waals surface area contributed by atoms with Crippen molar-refractivity contribution in [1.29, 1.82) is 0 Å². The molecule has 0 atom stereocenters. The lowest BCUT2D eigenvalue weighted by atomic mass is 10.2. The molecule has 0 bridgehead atoms. The summed E-state index contributed by atoms with van der Waals surface area (Å²) in [6.45, 7) is 0. The molecular weight excluding hydrogens is 297 g/mol. The van der Waals surface area contributed by atoms with Crippen LogP contribution in [-0.2, 0) is 0 Å². The topological polar surface area (TPSA) is 155 Å². The van der Waals surface area contributed by atoms with E-state index < -0.39 is 34.6 Å². The van der Waals surface area contributed by atoms with Gasteiger partial charge >= 0.3 is 6.36 Å². The number of nitrogens with two attached hydrogens (primary N) is 3. The summed E-state index contributed by atoms with van der Waals surface area (Å²) in [5, 5.41) is 10.8. The standard InChI is InChI=1S/C9H9F3N6O3/c10-9(11,12)21-4-1-2-5(6(3-4)18(19)20)16-8(15)17-7(13)14/h1-3H,(H6,13,14,15,16,17). The minimum atomic E-state index is -4.98. The second-order valence-electron chi connectivity index (χ2n) is 3.46. The molecule has 21 heavy (non-hydrogen) atoms. The number of nitro groups is 1. The second kappa shape index (κ2) is 5.94. The number of benzene rings is 1. The van der Waals surface area contributed by atoms with Crippen LogP contribution in [0, 0.1) is 10.1 Å². The number of nitrogens with zero attached hydrogens (tertiary/aromatic N) is 3. The summed E-state index contributed by atoms with van der Waals surface area (Å²) in [4.78, 5) is 16.7. The van der Waals surface area contributed by atoms with E-state index in [0.717, 1.165) is 12.1 Å². The first kappa shape index (κ1) is 16.0. The van der Waals surface area contributed by atoms with Crippen molar-refractivity contribution >= 4 is 23.3 Å². The number of guanidine groups is 2. The zero-order valence-corrected chi connectivity index (χ0v) is 10.2. The molecule has 1 aromatic carbocycles. The van der Waals surface area contributed by atoms with Crippen molar-refractivity contribution < 1.29 is 22.8 Å². The predicted octanol–water partition coefficient (Wildman–Crippen LogP) is 0.713. The fraction of sp³-hybridized carbons (Fsp3) is 0.111. The Morgan fingerprint density at radius 3 is 2.38 bits per heavy atom. The van der Waals surface area contributed by atoms with Crippen molar-refractivity contribution in [2.75, 3.05) is 0 Å². The fourth-order valence-electron chi connectivity index (χ4n) is 1.22. The number of rotatable bonds is 3. The SMILES string of the molecule is NC(N)=NC(N)=Nc1ccc(OC(F)(F)F)cc1[N+](=O)[O-]. The molecule has 1 rings (SSSR count). The summed E-state index contributed by atoms with van der Waals surface area (Å²) in [5.74, 6) is -1.70. The average molecular weight is 306 g/mol. The Morgan fingerprint density at radius 1 is 1.29 bits per heavy atom. The number of ether oxygens (including phenoxy) is 1. The first-order valence-corrected chi connectivity index (χ1v) is 5.06. The number of halogens is 3. The van der Waals surface area contributed by atoms with Gasteiger partial charge in [0.15, 0.2) is 5.96 Å². The van der Waals surface area contributed by atoms with Crippen LogP contribution >= 0.6 is 0 Å². The molecular formula is C9H9F3N6O3. The first-order chi connectivity index (χ1) is 9.58. The van der Waals surface area contributed by atoms with Crippen LogP contribution in [0.5, 0.6) is 5.75 Å². The lowest BCUT2D eigenvalue weighted by Crippen LogP contribution is -2.26. The number of alkyl halides is 3. The second-order valence-corrected chi connectivity index (χ2v) is 3.46. The molecule has 0 saturated heterocycles.